The minimum atomic E-state index is -4.45. The SMILES string of the molecule is COc1ccc(-c2cc(CNC(=O)c3ccc(C(F)(F)F)cc3)no2)cc1OC. The van der Waals surface area contributed by atoms with E-state index in [0.717, 1.165) is 24.3 Å². The van der Waals surface area contributed by atoms with Crippen molar-refractivity contribution >= 4 is 5.91 Å². The minimum Gasteiger partial charge on any atom is -0.493 e. The van der Waals surface area contributed by atoms with Gasteiger partial charge in [-0.15, -0.1) is 0 Å². The van der Waals surface area contributed by atoms with Crippen LogP contribution in [0.2, 0.25) is 0 Å². The van der Waals surface area contributed by atoms with Gasteiger partial charge in [0.25, 0.3) is 5.91 Å². The number of nitrogens with one attached hydrogen (secondary N) is 1. The van der Waals surface area contributed by atoms with E-state index in [2.05, 4.69) is 10.5 Å². The first-order valence-corrected chi connectivity index (χ1v) is 8.45. The molecule has 0 aliphatic carbocycles. The number of aromatic nitrogens is 1. The molecule has 0 radical (unpaired) electrons. The molecule has 29 heavy (non-hydrogen) atoms. The average Bonchev–Trinajstić information content (AvgIpc) is 3.20. The number of ether oxygens (including phenoxy) is 2. The Morgan fingerprint density at radius 3 is 2.34 bits per heavy atom. The van der Waals surface area contributed by atoms with Gasteiger partial charge >= 0.3 is 6.18 Å². The Hall–Kier alpha value is -3.49. The number of nitrogens with zero attached hydrogens (tertiary/aromatic N) is 1. The van der Waals surface area contributed by atoms with Gasteiger partial charge in [0.1, 0.15) is 5.69 Å². The highest BCUT2D eigenvalue weighted by atomic mass is 19.4. The van der Waals surface area contributed by atoms with Gasteiger partial charge in [-0.2, -0.15) is 13.2 Å². The van der Waals surface area contributed by atoms with Crippen molar-refractivity contribution in [2.45, 2.75) is 12.7 Å². The molecular weight excluding hydrogens is 389 g/mol. The van der Waals surface area contributed by atoms with Crippen LogP contribution in [0.15, 0.2) is 53.1 Å². The molecule has 0 spiro atoms. The number of benzene rings is 2. The third-order valence-electron chi connectivity index (χ3n) is 4.13. The maximum absolute atomic E-state index is 12.6. The molecule has 1 N–H and O–H groups in total. The van der Waals surface area contributed by atoms with Gasteiger partial charge in [-0.1, -0.05) is 5.16 Å². The first kappa shape index (κ1) is 20.2. The zero-order valence-electron chi connectivity index (χ0n) is 15.5. The summed E-state index contributed by atoms with van der Waals surface area (Å²) in [5.74, 6) is 1.04. The second-order valence-electron chi connectivity index (χ2n) is 6.01. The zero-order valence-corrected chi connectivity index (χ0v) is 15.5. The molecule has 1 aromatic heterocycles. The molecule has 0 aliphatic rings. The molecular formula is C20H17F3N2O4. The lowest BCUT2D eigenvalue weighted by Crippen LogP contribution is -2.23. The number of carbonyl (C=O) groups is 1. The molecule has 0 atom stereocenters. The van der Waals surface area contributed by atoms with Crippen LogP contribution in [0, 0.1) is 0 Å². The molecule has 9 heteroatoms. The van der Waals surface area contributed by atoms with E-state index in [4.69, 9.17) is 14.0 Å². The lowest BCUT2D eigenvalue weighted by molar-refractivity contribution is -0.137. The van der Waals surface area contributed by atoms with E-state index in [1.165, 1.54) is 14.2 Å². The summed E-state index contributed by atoms with van der Waals surface area (Å²) in [6.07, 6.45) is -4.45. The lowest BCUT2D eigenvalue weighted by Gasteiger charge is -2.08. The van der Waals surface area contributed by atoms with E-state index >= 15 is 0 Å². The van der Waals surface area contributed by atoms with Crippen LogP contribution in [-0.2, 0) is 12.7 Å². The van der Waals surface area contributed by atoms with Gasteiger partial charge in [0.05, 0.1) is 26.3 Å². The summed E-state index contributed by atoms with van der Waals surface area (Å²) in [5.41, 5.74) is 0.456. The van der Waals surface area contributed by atoms with Crippen LogP contribution in [0.1, 0.15) is 21.6 Å². The van der Waals surface area contributed by atoms with Crippen molar-refractivity contribution in [3.05, 3.63) is 65.4 Å². The Balaban J connectivity index is 1.65. The number of hydrogen-bond donors (Lipinski definition) is 1. The standard InChI is InChI=1S/C20H17F3N2O4/c1-27-16-8-5-13(9-18(16)28-2)17-10-15(25-29-17)11-24-19(26)12-3-6-14(7-4-12)20(21,22)23/h3-10H,11H2,1-2H3,(H,24,26). The fraction of sp³-hybridized carbons (Fsp3) is 0.200. The summed E-state index contributed by atoms with van der Waals surface area (Å²) in [6, 6.07) is 10.8. The second kappa shape index (κ2) is 8.26. The summed E-state index contributed by atoms with van der Waals surface area (Å²) in [6.45, 7) is 0.0522. The molecule has 0 unspecified atom stereocenters. The van der Waals surface area contributed by atoms with Crippen LogP contribution in [0.4, 0.5) is 13.2 Å². The smallest absolute Gasteiger partial charge is 0.416 e. The van der Waals surface area contributed by atoms with E-state index in [0.29, 0.717) is 28.5 Å². The predicted molar refractivity (Wildman–Crippen MR) is 97.7 cm³/mol. The number of hydrogen-bond acceptors (Lipinski definition) is 5. The molecule has 1 heterocycles. The number of alkyl halides is 3. The van der Waals surface area contributed by atoms with Crippen molar-refractivity contribution < 1.29 is 32.0 Å². The number of amides is 1. The molecule has 3 aromatic rings. The normalized spacial score (nSPS) is 11.2. The van der Waals surface area contributed by atoms with E-state index in [9.17, 15) is 18.0 Å². The highest BCUT2D eigenvalue weighted by Crippen LogP contribution is 2.32. The highest BCUT2D eigenvalue weighted by Gasteiger charge is 2.30. The minimum absolute atomic E-state index is 0.0522. The average molecular weight is 406 g/mol. The van der Waals surface area contributed by atoms with Crippen molar-refractivity contribution in [3.63, 3.8) is 0 Å². The number of methoxy groups -OCH3 is 2. The fourth-order valence-corrected chi connectivity index (χ4v) is 2.60. The zero-order chi connectivity index (χ0) is 21.0. The Labute approximate surface area is 164 Å². The van der Waals surface area contributed by atoms with Crippen LogP contribution < -0.4 is 14.8 Å². The summed E-state index contributed by atoms with van der Waals surface area (Å²) >= 11 is 0. The topological polar surface area (TPSA) is 73.6 Å². The van der Waals surface area contributed by atoms with E-state index in [1.807, 2.05) is 0 Å². The van der Waals surface area contributed by atoms with Crippen molar-refractivity contribution in [3.8, 4) is 22.8 Å². The van der Waals surface area contributed by atoms with Gasteiger partial charge in [0.2, 0.25) is 0 Å². The fourth-order valence-electron chi connectivity index (χ4n) is 2.60. The molecule has 0 saturated heterocycles. The molecule has 0 saturated carbocycles. The third-order valence-corrected chi connectivity index (χ3v) is 4.13. The van der Waals surface area contributed by atoms with Crippen LogP contribution in [0.5, 0.6) is 11.5 Å². The van der Waals surface area contributed by atoms with Crippen molar-refractivity contribution in [1.29, 1.82) is 0 Å². The second-order valence-corrected chi connectivity index (χ2v) is 6.01. The monoisotopic (exact) mass is 406 g/mol. The number of carbonyl (C=O) groups excluding carboxylic acids is 1. The molecule has 2 aromatic carbocycles. The molecule has 3 rings (SSSR count). The molecule has 152 valence electrons. The van der Waals surface area contributed by atoms with Gasteiger partial charge in [-0.3, -0.25) is 4.79 Å². The van der Waals surface area contributed by atoms with Gasteiger partial charge < -0.3 is 19.3 Å². The van der Waals surface area contributed by atoms with Gasteiger partial charge in [-0.25, -0.2) is 0 Å². The molecule has 0 fully saturated rings. The molecule has 1 amide bonds. The largest absolute Gasteiger partial charge is 0.493 e. The first-order valence-electron chi connectivity index (χ1n) is 8.45. The summed E-state index contributed by atoms with van der Waals surface area (Å²) in [4.78, 5) is 12.1. The van der Waals surface area contributed by atoms with Crippen LogP contribution in [0.25, 0.3) is 11.3 Å². The van der Waals surface area contributed by atoms with Crippen molar-refractivity contribution in [2.75, 3.05) is 14.2 Å². The summed E-state index contributed by atoms with van der Waals surface area (Å²) < 4.78 is 53.5. The van der Waals surface area contributed by atoms with Crippen LogP contribution >= 0.6 is 0 Å². The Kier molecular flexibility index (Phi) is 5.76. The lowest BCUT2D eigenvalue weighted by atomic mass is 10.1. The quantitative estimate of drug-likeness (QED) is 0.661. The van der Waals surface area contributed by atoms with Gasteiger partial charge in [0, 0.05) is 17.2 Å². The molecule has 0 aliphatic heterocycles. The predicted octanol–water partition coefficient (Wildman–Crippen LogP) is 4.31. The maximum atomic E-state index is 12.6. The highest BCUT2D eigenvalue weighted by molar-refractivity contribution is 5.94. The first-order chi connectivity index (χ1) is 13.8. The summed E-state index contributed by atoms with van der Waals surface area (Å²) in [5, 5.41) is 6.48. The van der Waals surface area contributed by atoms with Crippen molar-refractivity contribution in [2.24, 2.45) is 0 Å². The molecule has 6 nitrogen and oxygen atoms in total. The van der Waals surface area contributed by atoms with E-state index in [1.54, 1.807) is 24.3 Å². The van der Waals surface area contributed by atoms with E-state index in [-0.39, 0.29) is 12.1 Å². The third kappa shape index (κ3) is 4.68. The van der Waals surface area contributed by atoms with Gasteiger partial charge in [0.15, 0.2) is 17.3 Å². The van der Waals surface area contributed by atoms with E-state index < -0.39 is 17.6 Å². The van der Waals surface area contributed by atoms with Gasteiger partial charge in [-0.05, 0) is 42.5 Å². The summed E-state index contributed by atoms with van der Waals surface area (Å²) in [7, 11) is 3.05. The van der Waals surface area contributed by atoms with Crippen molar-refractivity contribution in [1.82, 2.24) is 10.5 Å². The molecule has 0 bridgehead atoms. The number of rotatable bonds is 6. The number of halogens is 3. The Bertz CT molecular complexity index is 998. The maximum Gasteiger partial charge on any atom is 0.416 e. The Morgan fingerprint density at radius 1 is 1.03 bits per heavy atom. The Morgan fingerprint density at radius 2 is 1.72 bits per heavy atom. The van der Waals surface area contributed by atoms with Crippen LogP contribution in [-0.4, -0.2) is 25.3 Å². The van der Waals surface area contributed by atoms with Crippen LogP contribution in [0.3, 0.4) is 0 Å².